The van der Waals surface area contributed by atoms with E-state index in [4.69, 9.17) is 0 Å². The average molecular weight is 419 g/mol. The Kier molecular flexibility index (Phi) is 6.83. The van der Waals surface area contributed by atoms with Crippen LogP contribution in [0.1, 0.15) is 34.9 Å². The van der Waals surface area contributed by atoms with E-state index in [0.29, 0.717) is 23.0 Å². The lowest BCUT2D eigenvalue weighted by atomic mass is 9.89. The van der Waals surface area contributed by atoms with Gasteiger partial charge in [0.2, 0.25) is 5.91 Å². The first-order valence-corrected chi connectivity index (χ1v) is 10.2. The number of hydrogen-bond acceptors (Lipinski definition) is 5. The molecule has 5 nitrogen and oxygen atoms in total. The molecule has 0 unspecified atom stereocenters. The summed E-state index contributed by atoms with van der Waals surface area (Å²) in [6, 6.07) is 8.59. The van der Waals surface area contributed by atoms with Crippen LogP contribution in [0, 0.1) is 17.2 Å². The van der Waals surface area contributed by atoms with E-state index in [2.05, 4.69) is 23.0 Å². The second-order valence-corrected chi connectivity index (χ2v) is 8.52. The molecular formula is C21H23F2N3O2S. The number of hydrogen-bond donors (Lipinski definition) is 1. The molecule has 8 heteroatoms. The third-order valence-corrected chi connectivity index (χ3v) is 6.06. The molecule has 0 fully saturated rings. The summed E-state index contributed by atoms with van der Waals surface area (Å²) >= 11 is 1.51. The Morgan fingerprint density at radius 1 is 1.41 bits per heavy atom. The third-order valence-electron chi connectivity index (χ3n) is 4.89. The van der Waals surface area contributed by atoms with Gasteiger partial charge in [-0.05, 0) is 55.5 Å². The summed E-state index contributed by atoms with van der Waals surface area (Å²) in [7, 11) is 1.80. The molecule has 1 amide bonds. The molecule has 1 atom stereocenters. The van der Waals surface area contributed by atoms with Crippen molar-refractivity contribution in [1.82, 2.24) is 4.90 Å². The highest BCUT2D eigenvalue weighted by Crippen LogP contribution is 2.39. The van der Waals surface area contributed by atoms with Gasteiger partial charge in [-0.25, -0.2) is 0 Å². The van der Waals surface area contributed by atoms with Gasteiger partial charge >= 0.3 is 6.61 Å². The number of nitrogens with one attached hydrogen (secondary N) is 1. The zero-order chi connectivity index (χ0) is 21.0. The van der Waals surface area contributed by atoms with E-state index in [0.717, 1.165) is 30.4 Å². The summed E-state index contributed by atoms with van der Waals surface area (Å²) in [5.41, 5.74) is 2.56. The number of likely N-dealkylation sites (N-methyl/N-ethyl adjacent to an activating group) is 1. The van der Waals surface area contributed by atoms with Crippen molar-refractivity contribution in [3.8, 4) is 11.8 Å². The van der Waals surface area contributed by atoms with E-state index < -0.39 is 6.61 Å². The summed E-state index contributed by atoms with van der Waals surface area (Å²) in [4.78, 5) is 15.5. The normalized spacial score (nSPS) is 15.8. The van der Waals surface area contributed by atoms with E-state index >= 15 is 0 Å². The number of fused-ring (bicyclic) bond motifs is 1. The molecule has 2 aromatic rings. The van der Waals surface area contributed by atoms with Crippen molar-refractivity contribution in [2.24, 2.45) is 5.92 Å². The summed E-state index contributed by atoms with van der Waals surface area (Å²) in [6.07, 6.45) is 2.91. The lowest BCUT2D eigenvalue weighted by Gasteiger charge is -2.17. The van der Waals surface area contributed by atoms with Crippen LogP contribution in [0.25, 0.3) is 0 Å². The standard InChI is InChI=1S/C21H23F2N3O2S/c1-13-3-8-16-17(10-24)20(29-18(16)9-13)25-19(27)12-26(2)11-14-4-6-15(7-5-14)28-21(22)23/h4-7,13,21H,3,8-9,11-12H2,1-2H3,(H,25,27)/t13-/m0/s1. The van der Waals surface area contributed by atoms with Crippen LogP contribution in [0.15, 0.2) is 24.3 Å². The van der Waals surface area contributed by atoms with Crippen LogP contribution in [0.2, 0.25) is 0 Å². The maximum atomic E-state index is 12.5. The molecule has 1 aliphatic carbocycles. The molecule has 0 saturated carbocycles. The van der Waals surface area contributed by atoms with Crippen LogP contribution in [0.3, 0.4) is 0 Å². The fourth-order valence-corrected chi connectivity index (χ4v) is 4.89. The van der Waals surface area contributed by atoms with Crippen molar-refractivity contribution in [1.29, 1.82) is 5.26 Å². The van der Waals surface area contributed by atoms with Gasteiger partial charge in [-0.2, -0.15) is 14.0 Å². The minimum atomic E-state index is -2.85. The van der Waals surface area contributed by atoms with Crippen LogP contribution >= 0.6 is 11.3 Å². The average Bonchev–Trinajstić information content (AvgIpc) is 2.98. The zero-order valence-corrected chi connectivity index (χ0v) is 17.2. The number of thiophene rings is 1. The zero-order valence-electron chi connectivity index (χ0n) is 16.4. The number of carbonyl (C=O) groups is 1. The molecule has 29 heavy (non-hydrogen) atoms. The second kappa shape index (κ2) is 9.33. The maximum absolute atomic E-state index is 12.5. The number of ether oxygens (including phenoxy) is 1. The molecule has 1 aromatic carbocycles. The van der Waals surface area contributed by atoms with E-state index in [1.54, 1.807) is 19.2 Å². The van der Waals surface area contributed by atoms with E-state index in [-0.39, 0.29) is 18.2 Å². The van der Waals surface area contributed by atoms with Crippen molar-refractivity contribution in [2.75, 3.05) is 18.9 Å². The highest BCUT2D eigenvalue weighted by Gasteiger charge is 2.24. The lowest BCUT2D eigenvalue weighted by molar-refractivity contribution is -0.117. The molecule has 1 heterocycles. The molecule has 154 valence electrons. The minimum absolute atomic E-state index is 0.101. The Hall–Kier alpha value is -2.50. The van der Waals surface area contributed by atoms with Crippen molar-refractivity contribution < 1.29 is 18.3 Å². The summed E-state index contributed by atoms with van der Waals surface area (Å²) < 4.78 is 28.7. The van der Waals surface area contributed by atoms with Gasteiger partial charge in [0, 0.05) is 11.4 Å². The fraction of sp³-hybridized carbons (Fsp3) is 0.429. The Balaban J connectivity index is 1.57. The first-order chi connectivity index (χ1) is 13.9. The summed E-state index contributed by atoms with van der Waals surface area (Å²) in [5, 5.41) is 13.1. The molecule has 0 radical (unpaired) electrons. The number of carbonyl (C=O) groups excluding carboxylic acids is 1. The molecule has 0 saturated heterocycles. The smallest absolute Gasteiger partial charge is 0.387 e. The number of benzene rings is 1. The monoisotopic (exact) mass is 419 g/mol. The minimum Gasteiger partial charge on any atom is -0.435 e. The number of amides is 1. The van der Waals surface area contributed by atoms with Gasteiger partial charge in [-0.3, -0.25) is 9.69 Å². The quantitative estimate of drug-likeness (QED) is 0.722. The molecule has 1 N–H and O–H groups in total. The van der Waals surface area contributed by atoms with Crippen LogP contribution in [0.5, 0.6) is 5.75 Å². The Labute approximate surface area is 172 Å². The van der Waals surface area contributed by atoms with Gasteiger partial charge in [0.05, 0.1) is 12.1 Å². The van der Waals surface area contributed by atoms with Gasteiger partial charge in [-0.1, -0.05) is 19.1 Å². The predicted molar refractivity (Wildman–Crippen MR) is 108 cm³/mol. The number of alkyl halides is 2. The van der Waals surface area contributed by atoms with Crippen LogP contribution in [-0.4, -0.2) is 31.0 Å². The number of halogens is 2. The Bertz CT molecular complexity index is 906. The van der Waals surface area contributed by atoms with Crippen molar-refractivity contribution in [3.63, 3.8) is 0 Å². The van der Waals surface area contributed by atoms with Gasteiger partial charge < -0.3 is 10.1 Å². The molecule has 0 aliphatic heterocycles. The highest BCUT2D eigenvalue weighted by molar-refractivity contribution is 7.16. The molecule has 1 aromatic heterocycles. The number of nitriles is 1. The highest BCUT2D eigenvalue weighted by atomic mass is 32.1. The SMILES string of the molecule is C[C@H]1CCc2c(sc(NC(=O)CN(C)Cc3ccc(OC(F)F)cc3)c2C#N)C1. The number of nitrogens with zero attached hydrogens (tertiary/aromatic N) is 2. The summed E-state index contributed by atoms with van der Waals surface area (Å²) in [6.45, 7) is -0.0178. The number of anilines is 1. The van der Waals surface area contributed by atoms with Crippen molar-refractivity contribution in [2.45, 2.75) is 39.3 Å². The van der Waals surface area contributed by atoms with Crippen molar-refractivity contribution in [3.05, 3.63) is 45.8 Å². The van der Waals surface area contributed by atoms with Crippen LogP contribution < -0.4 is 10.1 Å². The van der Waals surface area contributed by atoms with E-state index in [1.807, 2.05) is 4.90 Å². The predicted octanol–water partition coefficient (Wildman–Crippen LogP) is 4.42. The first kappa shape index (κ1) is 21.2. The molecule has 3 rings (SSSR count). The number of rotatable bonds is 7. The van der Waals surface area contributed by atoms with E-state index in [9.17, 15) is 18.8 Å². The van der Waals surface area contributed by atoms with Crippen molar-refractivity contribution >= 4 is 22.2 Å². The largest absolute Gasteiger partial charge is 0.435 e. The lowest BCUT2D eigenvalue weighted by Crippen LogP contribution is -2.29. The van der Waals surface area contributed by atoms with Crippen LogP contribution in [0.4, 0.5) is 13.8 Å². The van der Waals surface area contributed by atoms with Gasteiger partial charge in [0.15, 0.2) is 0 Å². The summed E-state index contributed by atoms with van der Waals surface area (Å²) in [5.74, 6) is 0.511. The fourth-order valence-electron chi connectivity index (χ4n) is 3.51. The molecule has 1 aliphatic rings. The Morgan fingerprint density at radius 2 is 2.14 bits per heavy atom. The van der Waals surface area contributed by atoms with Crippen LogP contribution in [-0.2, 0) is 24.2 Å². The first-order valence-electron chi connectivity index (χ1n) is 9.42. The second-order valence-electron chi connectivity index (χ2n) is 7.41. The molecular weight excluding hydrogens is 396 g/mol. The maximum Gasteiger partial charge on any atom is 0.387 e. The third kappa shape index (κ3) is 5.52. The van der Waals surface area contributed by atoms with Gasteiger partial charge in [0.25, 0.3) is 0 Å². The molecule has 0 bridgehead atoms. The van der Waals surface area contributed by atoms with Gasteiger partial charge in [0.1, 0.15) is 16.8 Å². The van der Waals surface area contributed by atoms with Gasteiger partial charge in [-0.15, -0.1) is 11.3 Å². The Morgan fingerprint density at radius 3 is 2.79 bits per heavy atom. The molecule has 0 spiro atoms. The topological polar surface area (TPSA) is 65.4 Å². The van der Waals surface area contributed by atoms with E-state index in [1.165, 1.54) is 28.3 Å².